The number of methoxy groups -OCH3 is 2. The van der Waals surface area contributed by atoms with Crippen molar-refractivity contribution < 1.29 is 14.3 Å². The zero-order valence-electron chi connectivity index (χ0n) is 13.5. The van der Waals surface area contributed by atoms with Gasteiger partial charge in [-0.05, 0) is 35.7 Å². The maximum Gasteiger partial charge on any atom is 0.305 e. The summed E-state index contributed by atoms with van der Waals surface area (Å²) in [5, 5.41) is 0. The molecule has 0 aliphatic heterocycles. The highest BCUT2D eigenvalue weighted by Crippen LogP contribution is 2.10. The fraction of sp³-hybridized carbons (Fsp3) is 0.250. The molecule has 0 bridgehead atoms. The summed E-state index contributed by atoms with van der Waals surface area (Å²) in [6.45, 7) is 0.553. The van der Waals surface area contributed by atoms with Gasteiger partial charge in [0, 0.05) is 24.7 Å². The number of aryl methyl sites for hydroxylation is 1. The highest BCUT2D eigenvalue weighted by atomic mass is 16.5. The molecule has 0 radical (unpaired) electrons. The van der Waals surface area contributed by atoms with Crippen molar-refractivity contribution in [2.75, 3.05) is 14.2 Å². The van der Waals surface area contributed by atoms with Gasteiger partial charge in [0.1, 0.15) is 0 Å². The minimum atomic E-state index is -0.191. The molecule has 0 saturated heterocycles. The first kappa shape index (κ1) is 16.8. The van der Waals surface area contributed by atoms with Crippen LogP contribution in [0.3, 0.4) is 0 Å². The highest BCUT2D eigenvalue weighted by Gasteiger charge is 2.01. The van der Waals surface area contributed by atoms with Gasteiger partial charge in [0.15, 0.2) is 0 Å². The fourth-order valence-electron chi connectivity index (χ4n) is 2.17. The second-order valence-electron chi connectivity index (χ2n) is 5.11. The topological polar surface area (TPSA) is 35.5 Å². The zero-order chi connectivity index (χ0) is 16.5. The van der Waals surface area contributed by atoms with Gasteiger partial charge in [-0.25, -0.2) is 0 Å². The first-order chi connectivity index (χ1) is 11.2. The zero-order valence-corrected chi connectivity index (χ0v) is 13.5. The summed E-state index contributed by atoms with van der Waals surface area (Å²) in [4.78, 5) is 11.1. The molecule has 0 fully saturated rings. The second-order valence-corrected chi connectivity index (χ2v) is 5.11. The maximum absolute atomic E-state index is 11.1. The number of hydrogen-bond acceptors (Lipinski definition) is 3. The Morgan fingerprint density at radius 3 is 2.43 bits per heavy atom. The van der Waals surface area contributed by atoms with Gasteiger partial charge >= 0.3 is 5.97 Å². The van der Waals surface area contributed by atoms with Crippen molar-refractivity contribution in [3.05, 3.63) is 70.8 Å². The molecule has 118 valence electrons. The Kier molecular flexibility index (Phi) is 6.40. The molecule has 2 aromatic carbocycles. The lowest BCUT2D eigenvalue weighted by Gasteiger charge is -2.02. The molecular formula is C20H20O3. The molecule has 0 unspecified atom stereocenters. The molecule has 0 aromatic heterocycles. The van der Waals surface area contributed by atoms with Gasteiger partial charge in [-0.3, -0.25) is 4.79 Å². The first-order valence-electron chi connectivity index (χ1n) is 7.47. The van der Waals surface area contributed by atoms with Crippen LogP contribution in [-0.4, -0.2) is 20.2 Å². The predicted molar refractivity (Wildman–Crippen MR) is 89.9 cm³/mol. The smallest absolute Gasteiger partial charge is 0.305 e. The molecule has 0 aliphatic carbocycles. The SMILES string of the molecule is COCc1ccccc1C#Cc1ccc(CCC(=O)OC)cc1. The largest absolute Gasteiger partial charge is 0.469 e. The Morgan fingerprint density at radius 2 is 1.74 bits per heavy atom. The van der Waals surface area contributed by atoms with E-state index in [2.05, 4.69) is 16.6 Å². The normalized spacial score (nSPS) is 9.83. The third kappa shape index (κ3) is 5.28. The van der Waals surface area contributed by atoms with E-state index in [0.29, 0.717) is 19.4 Å². The molecule has 0 amide bonds. The summed E-state index contributed by atoms with van der Waals surface area (Å²) < 4.78 is 9.83. The van der Waals surface area contributed by atoms with Gasteiger partial charge in [0.2, 0.25) is 0 Å². The van der Waals surface area contributed by atoms with Crippen molar-refractivity contribution in [3.8, 4) is 11.8 Å². The number of hydrogen-bond donors (Lipinski definition) is 0. The summed E-state index contributed by atoms with van der Waals surface area (Å²) >= 11 is 0. The Bertz CT molecular complexity index is 706. The Balaban J connectivity index is 2.06. The van der Waals surface area contributed by atoms with Gasteiger partial charge in [-0.2, -0.15) is 0 Å². The molecule has 0 spiro atoms. The van der Waals surface area contributed by atoms with E-state index in [1.807, 2.05) is 48.5 Å². The van der Waals surface area contributed by atoms with Crippen molar-refractivity contribution in [1.82, 2.24) is 0 Å². The van der Waals surface area contributed by atoms with Gasteiger partial charge in [-0.15, -0.1) is 0 Å². The lowest BCUT2D eigenvalue weighted by atomic mass is 10.1. The molecule has 23 heavy (non-hydrogen) atoms. The summed E-state index contributed by atoms with van der Waals surface area (Å²) in [6.07, 6.45) is 1.07. The number of esters is 1. The van der Waals surface area contributed by atoms with E-state index in [9.17, 15) is 4.79 Å². The lowest BCUT2D eigenvalue weighted by Crippen LogP contribution is -2.01. The fourth-order valence-corrected chi connectivity index (χ4v) is 2.17. The van der Waals surface area contributed by atoms with Crippen molar-refractivity contribution >= 4 is 5.97 Å². The van der Waals surface area contributed by atoms with Crippen molar-refractivity contribution in [2.24, 2.45) is 0 Å². The van der Waals surface area contributed by atoms with Crippen LogP contribution in [0, 0.1) is 11.8 Å². The van der Waals surface area contributed by atoms with Crippen LogP contribution in [0.15, 0.2) is 48.5 Å². The van der Waals surface area contributed by atoms with E-state index in [1.165, 1.54) is 7.11 Å². The van der Waals surface area contributed by atoms with E-state index in [4.69, 9.17) is 4.74 Å². The number of benzene rings is 2. The predicted octanol–water partition coefficient (Wildman–Crippen LogP) is 3.34. The molecular weight excluding hydrogens is 288 g/mol. The van der Waals surface area contributed by atoms with Crippen LogP contribution in [0.2, 0.25) is 0 Å². The van der Waals surface area contributed by atoms with Gasteiger partial charge < -0.3 is 9.47 Å². The third-order valence-electron chi connectivity index (χ3n) is 3.46. The summed E-state index contributed by atoms with van der Waals surface area (Å²) in [6, 6.07) is 15.9. The standard InChI is InChI=1S/C20H20O3/c1-22-15-19-6-4-3-5-18(19)13-11-16-7-9-17(10-8-16)12-14-20(21)23-2/h3-10H,12,14-15H2,1-2H3. The average Bonchev–Trinajstić information content (AvgIpc) is 2.60. The molecule has 0 atom stereocenters. The first-order valence-corrected chi connectivity index (χ1v) is 7.47. The van der Waals surface area contributed by atoms with Crippen LogP contribution in [0.4, 0.5) is 0 Å². The van der Waals surface area contributed by atoms with Gasteiger partial charge in [-0.1, -0.05) is 42.2 Å². The quantitative estimate of drug-likeness (QED) is 0.628. The van der Waals surface area contributed by atoms with E-state index in [0.717, 1.165) is 22.3 Å². The molecule has 2 rings (SSSR count). The summed E-state index contributed by atoms with van der Waals surface area (Å²) in [5.74, 6) is 6.16. The molecule has 0 aliphatic rings. The minimum absolute atomic E-state index is 0.191. The molecule has 0 heterocycles. The Hall–Kier alpha value is -2.57. The number of rotatable bonds is 5. The second kappa shape index (κ2) is 8.77. The Labute approximate surface area is 137 Å². The van der Waals surface area contributed by atoms with Gasteiger partial charge in [0.25, 0.3) is 0 Å². The molecule has 3 heteroatoms. The van der Waals surface area contributed by atoms with Crippen LogP contribution in [0.25, 0.3) is 0 Å². The maximum atomic E-state index is 11.1. The van der Waals surface area contributed by atoms with Crippen LogP contribution < -0.4 is 0 Å². The monoisotopic (exact) mass is 308 g/mol. The van der Waals surface area contributed by atoms with Crippen LogP contribution in [0.5, 0.6) is 0 Å². The van der Waals surface area contributed by atoms with E-state index in [-0.39, 0.29) is 5.97 Å². The van der Waals surface area contributed by atoms with Gasteiger partial charge in [0.05, 0.1) is 13.7 Å². The highest BCUT2D eigenvalue weighted by molar-refractivity contribution is 5.69. The van der Waals surface area contributed by atoms with Crippen molar-refractivity contribution in [1.29, 1.82) is 0 Å². The number of ether oxygens (including phenoxy) is 2. The Morgan fingerprint density at radius 1 is 1.00 bits per heavy atom. The van der Waals surface area contributed by atoms with Crippen LogP contribution >= 0.6 is 0 Å². The summed E-state index contributed by atoms with van der Waals surface area (Å²) in [7, 11) is 3.08. The lowest BCUT2D eigenvalue weighted by molar-refractivity contribution is -0.140. The van der Waals surface area contributed by atoms with Crippen molar-refractivity contribution in [3.63, 3.8) is 0 Å². The van der Waals surface area contributed by atoms with Crippen LogP contribution in [-0.2, 0) is 27.3 Å². The third-order valence-corrected chi connectivity index (χ3v) is 3.46. The van der Waals surface area contributed by atoms with Crippen LogP contribution in [0.1, 0.15) is 28.7 Å². The minimum Gasteiger partial charge on any atom is -0.469 e. The van der Waals surface area contributed by atoms with Crippen molar-refractivity contribution in [2.45, 2.75) is 19.4 Å². The molecule has 3 nitrogen and oxygen atoms in total. The molecule has 0 saturated carbocycles. The van der Waals surface area contributed by atoms with E-state index in [1.54, 1.807) is 7.11 Å². The molecule has 0 N–H and O–H groups in total. The van der Waals surface area contributed by atoms with E-state index >= 15 is 0 Å². The number of carbonyl (C=O) groups is 1. The summed E-state index contributed by atoms with van der Waals surface area (Å²) in [5.41, 5.74) is 4.10. The average molecular weight is 308 g/mol. The number of carbonyl (C=O) groups excluding carboxylic acids is 1. The van der Waals surface area contributed by atoms with E-state index < -0.39 is 0 Å². The molecule has 2 aromatic rings.